The molecular weight excluding hydrogens is 172 g/mol. The highest BCUT2D eigenvalue weighted by atomic mass is 16.6. The average Bonchev–Trinajstić information content (AvgIpc) is 2.19. The van der Waals surface area contributed by atoms with Crippen LogP contribution in [0.15, 0.2) is 24.5 Å². The highest BCUT2D eigenvalue weighted by Crippen LogP contribution is 1.95. The maximum Gasteiger partial charge on any atom is 0.256 e. The molecule has 1 amide bonds. The van der Waals surface area contributed by atoms with Crippen molar-refractivity contribution in [2.24, 2.45) is 0 Å². The third-order valence-electron chi connectivity index (χ3n) is 1.40. The van der Waals surface area contributed by atoms with E-state index >= 15 is 0 Å². The molecule has 2 N–H and O–H groups in total. The van der Waals surface area contributed by atoms with Crippen molar-refractivity contribution in [2.75, 3.05) is 7.11 Å². The lowest BCUT2D eigenvalue weighted by Gasteiger charge is -2.09. The van der Waals surface area contributed by atoms with Gasteiger partial charge in [-0.05, 0) is 12.1 Å². The highest BCUT2D eigenvalue weighted by Gasteiger charge is 2.08. The number of hydrogen-bond donors (Lipinski definition) is 2. The van der Waals surface area contributed by atoms with Gasteiger partial charge >= 0.3 is 0 Å². The number of methoxy groups -OCH3 is 1. The number of aliphatic hydroxyl groups excluding tert-OH is 1. The van der Waals surface area contributed by atoms with Crippen LogP contribution < -0.4 is 5.32 Å². The van der Waals surface area contributed by atoms with Gasteiger partial charge in [0, 0.05) is 19.5 Å². The minimum Gasteiger partial charge on any atom is -0.351 e. The maximum atomic E-state index is 11.2. The number of nitrogens with zero attached hydrogens (tertiary/aromatic N) is 1. The number of nitrogens with one attached hydrogen (secondary N) is 1. The van der Waals surface area contributed by atoms with E-state index in [4.69, 9.17) is 5.11 Å². The van der Waals surface area contributed by atoms with Crippen LogP contribution in [0.2, 0.25) is 0 Å². The Hall–Kier alpha value is -1.46. The standard InChI is InChI=1S/C8H10N2O3/c1-13-8(12)10-7(11)6-3-2-4-9-5-6/h2-5,8,12H,1H3,(H,10,11). The fraction of sp³-hybridized carbons (Fsp3) is 0.250. The Labute approximate surface area is 75.4 Å². The normalized spacial score (nSPS) is 12.2. The van der Waals surface area contributed by atoms with Gasteiger partial charge in [-0.1, -0.05) is 0 Å². The molecule has 0 aliphatic rings. The first-order valence-electron chi connectivity index (χ1n) is 3.66. The molecule has 0 radical (unpaired) electrons. The van der Waals surface area contributed by atoms with Crippen molar-refractivity contribution < 1.29 is 14.6 Å². The maximum absolute atomic E-state index is 11.2. The van der Waals surface area contributed by atoms with Gasteiger partial charge in [-0.15, -0.1) is 0 Å². The molecule has 0 aliphatic carbocycles. The molecule has 70 valence electrons. The lowest BCUT2D eigenvalue weighted by Crippen LogP contribution is -2.35. The molecule has 0 bridgehead atoms. The van der Waals surface area contributed by atoms with Crippen molar-refractivity contribution in [1.82, 2.24) is 10.3 Å². The number of rotatable bonds is 3. The zero-order valence-electron chi connectivity index (χ0n) is 7.10. The van der Waals surface area contributed by atoms with Crippen LogP contribution >= 0.6 is 0 Å². The van der Waals surface area contributed by atoms with E-state index in [1.165, 1.54) is 13.3 Å². The van der Waals surface area contributed by atoms with E-state index in [1.54, 1.807) is 18.3 Å². The summed E-state index contributed by atoms with van der Waals surface area (Å²) in [5.74, 6) is -0.428. The number of pyridine rings is 1. The summed E-state index contributed by atoms with van der Waals surface area (Å²) in [4.78, 5) is 15.0. The van der Waals surface area contributed by atoms with E-state index in [0.29, 0.717) is 5.56 Å². The van der Waals surface area contributed by atoms with E-state index in [2.05, 4.69) is 15.0 Å². The molecule has 0 spiro atoms. The number of aromatic nitrogens is 1. The molecule has 1 aromatic heterocycles. The van der Waals surface area contributed by atoms with Crippen molar-refractivity contribution in [2.45, 2.75) is 6.41 Å². The number of amides is 1. The van der Waals surface area contributed by atoms with Crippen molar-refractivity contribution >= 4 is 5.91 Å². The van der Waals surface area contributed by atoms with Gasteiger partial charge in [0.1, 0.15) is 0 Å². The molecule has 0 saturated heterocycles. The first kappa shape index (κ1) is 9.63. The molecule has 5 heteroatoms. The van der Waals surface area contributed by atoms with Gasteiger partial charge in [0.05, 0.1) is 5.56 Å². The van der Waals surface area contributed by atoms with Gasteiger partial charge in [0.2, 0.25) is 6.41 Å². The Balaban J connectivity index is 2.59. The SMILES string of the molecule is COC(O)NC(=O)c1cccnc1. The van der Waals surface area contributed by atoms with Crippen molar-refractivity contribution in [3.8, 4) is 0 Å². The zero-order valence-corrected chi connectivity index (χ0v) is 7.10. The van der Waals surface area contributed by atoms with Crippen molar-refractivity contribution in [3.05, 3.63) is 30.1 Å². The molecular formula is C8H10N2O3. The number of carbonyl (C=O) groups excluding carboxylic acids is 1. The van der Waals surface area contributed by atoms with Crippen LogP contribution in [0.4, 0.5) is 0 Å². The zero-order chi connectivity index (χ0) is 9.68. The summed E-state index contributed by atoms with van der Waals surface area (Å²) in [6, 6.07) is 3.22. The Bertz CT molecular complexity index is 276. The third kappa shape index (κ3) is 2.81. The predicted octanol–water partition coefficient (Wildman–Crippen LogP) is -0.266. The second kappa shape index (κ2) is 4.54. The predicted molar refractivity (Wildman–Crippen MR) is 44.7 cm³/mol. The van der Waals surface area contributed by atoms with E-state index < -0.39 is 12.3 Å². The molecule has 1 rings (SSSR count). The summed E-state index contributed by atoms with van der Waals surface area (Å²) in [5.41, 5.74) is 0.374. The molecule has 13 heavy (non-hydrogen) atoms. The van der Waals surface area contributed by atoms with E-state index in [1.807, 2.05) is 0 Å². The molecule has 0 fully saturated rings. The molecule has 0 aromatic carbocycles. The van der Waals surface area contributed by atoms with Gasteiger partial charge in [-0.25, -0.2) is 0 Å². The largest absolute Gasteiger partial charge is 0.351 e. The van der Waals surface area contributed by atoms with Crippen molar-refractivity contribution in [3.63, 3.8) is 0 Å². The Morgan fingerprint density at radius 3 is 3.08 bits per heavy atom. The van der Waals surface area contributed by atoms with Crippen LogP contribution in [-0.4, -0.2) is 29.5 Å². The molecule has 1 aromatic rings. The van der Waals surface area contributed by atoms with Gasteiger partial charge in [0.15, 0.2) is 0 Å². The Kier molecular flexibility index (Phi) is 3.36. The van der Waals surface area contributed by atoms with Crippen LogP contribution in [0, 0.1) is 0 Å². The Morgan fingerprint density at radius 2 is 2.54 bits per heavy atom. The second-order valence-electron chi connectivity index (χ2n) is 2.30. The first-order valence-corrected chi connectivity index (χ1v) is 3.66. The van der Waals surface area contributed by atoms with Crippen LogP contribution in [0.25, 0.3) is 0 Å². The van der Waals surface area contributed by atoms with Crippen LogP contribution in [0.5, 0.6) is 0 Å². The molecule has 1 heterocycles. The molecule has 0 aliphatic heterocycles. The van der Waals surface area contributed by atoms with Gasteiger partial charge < -0.3 is 15.2 Å². The monoisotopic (exact) mass is 182 g/mol. The van der Waals surface area contributed by atoms with Crippen LogP contribution in [-0.2, 0) is 4.74 Å². The number of carbonyl (C=O) groups is 1. The van der Waals surface area contributed by atoms with E-state index in [-0.39, 0.29) is 0 Å². The van der Waals surface area contributed by atoms with Gasteiger partial charge in [0.25, 0.3) is 5.91 Å². The summed E-state index contributed by atoms with van der Waals surface area (Å²) >= 11 is 0. The summed E-state index contributed by atoms with van der Waals surface area (Å²) < 4.78 is 4.45. The van der Waals surface area contributed by atoms with Gasteiger partial charge in [-0.3, -0.25) is 9.78 Å². The van der Waals surface area contributed by atoms with Gasteiger partial charge in [-0.2, -0.15) is 0 Å². The fourth-order valence-corrected chi connectivity index (χ4v) is 0.751. The lowest BCUT2D eigenvalue weighted by molar-refractivity contribution is -0.0891. The lowest BCUT2D eigenvalue weighted by atomic mass is 10.3. The van der Waals surface area contributed by atoms with E-state index in [9.17, 15) is 4.79 Å². The quantitative estimate of drug-likeness (QED) is 0.631. The van der Waals surface area contributed by atoms with E-state index in [0.717, 1.165) is 0 Å². The minimum atomic E-state index is -1.28. The summed E-state index contributed by atoms with van der Waals surface area (Å²) in [6.45, 7) is 0. The number of aliphatic hydroxyl groups is 1. The molecule has 1 unspecified atom stereocenters. The van der Waals surface area contributed by atoms with Crippen LogP contribution in [0.3, 0.4) is 0 Å². The third-order valence-corrected chi connectivity index (χ3v) is 1.40. The smallest absolute Gasteiger partial charge is 0.256 e. The summed E-state index contributed by atoms with van der Waals surface area (Å²) in [6.07, 6.45) is 1.68. The molecule has 1 atom stereocenters. The summed E-state index contributed by atoms with van der Waals surface area (Å²) in [7, 11) is 1.29. The van der Waals surface area contributed by atoms with Crippen molar-refractivity contribution in [1.29, 1.82) is 0 Å². The Morgan fingerprint density at radius 1 is 1.77 bits per heavy atom. The fourth-order valence-electron chi connectivity index (χ4n) is 0.751. The topological polar surface area (TPSA) is 71.5 Å². The summed E-state index contributed by atoms with van der Waals surface area (Å²) in [5, 5.41) is 11.1. The van der Waals surface area contributed by atoms with Crippen LogP contribution in [0.1, 0.15) is 10.4 Å². The molecule has 5 nitrogen and oxygen atoms in total. The minimum absolute atomic E-state index is 0.374. The second-order valence-corrected chi connectivity index (χ2v) is 2.30. The molecule has 0 saturated carbocycles. The number of hydrogen-bond acceptors (Lipinski definition) is 4. The highest BCUT2D eigenvalue weighted by molar-refractivity contribution is 5.93. The number of ether oxygens (including phenoxy) is 1. The first-order chi connectivity index (χ1) is 6.24. The average molecular weight is 182 g/mol.